The van der Waals surface area contributed by atoms with E-state index in [1.807, 2.05) is 6.07 Å². The zero-order chi connectivity index (χ0) is 20.1. The summed E-state index contributed by atoms with van der Waals surface area (Å²) in [6, 6.07) is 2.29. The number of aromatic nitrogens is 3. The van der Waals surface area contributed by atoms with Crippen LogP contribution in [-0.4, -0.2) is 58.5 Å². The quantitative estimate of drug-likeness (QED) is 0.580. The predicted octanol–water partition coefficient (Wildman–Crippen LogP) is 3.04. The first-order chi connectivity index (χ1) is 14.2. The van der Waals surface area contributed by atoms with Crippen LogP contribution in [-0.2, 0) is 9.47 Å². The lowest BCUT2D eigenvalue weighted by atomic mass is 10.2. The van der Waals surface area contributed by atoms with Gasteiger partial charge in [0.05, 0.1) is 11.1 Å². The van der Waals surface area contributed by atoms with Gasteiger partial charge in [0.15, 0.2) is 6.29 Å². The number of anilines is 1. The monoisotopic (exact) mass is 393 g/mol. The molecule has 2 aliphatic rings. The highest BCUT2D eigenvalue weighted by atomic mass is 16.7. The lowest BCUT2D eigenvalue weighted by Crippen LogP contribution is -2.25. The molecule has 0 bridgehead atoms. The van der Waals surface area contributed by atoms with Gasteiger partial charge in [-0.3, -0.25) is 0 Å². The van der Waals surface area contributed by atoms with E-state index in [-0.39, 0.29) is 6.29 Å². The molecule has 2 aromatic rings. The van der Waals surface area contributed by atoms with Crippen LogP contribution < -0.4 is 5.32 Å². The molecule has 2 fully saturated rings. The Kier molecular flexibility index (Phi) is 6.13. The summed E-state index contributed by atoms with van der Waals surface area (Å²) in [6.07, 6.45) is 7.47. The van der Waals surface area contributed by atoms with Crippen molar-refractivity contribution >= 4 is 16.9 Å². The van der Waals surface area contributed by atoms with Gasteiger partial charge in [0.2, 0.25) is 0 Å². The number of H-pyrrole nitrogens is 1. The highest BCUT2D eigenvalue weighted by Crippen LogP contribution is 2.24. The first-order valence-corrected chi connectivity index (χ1v) is 10.1. The standard InChI is InChI=1S/C22H27N5O2/c1-3-16(2)27-10-9-18(14-27)26-22-19-13-17(25-21(19)23-15-24-22)7-6-12-29-20-8-4-5-11-28-20/h3,13,15,18,20H,1-2,4-5,8-12,14H2,(H2,23,24,25,26)/t18-,20?/m1/s1. The summed E-state index contributed by atoms with van der Waals surface area (Å²) >= 11 is 0. The third kappa shape index (κ3) is 4.78. The van der Waals surface area contributed by atoms with Crippen LogP contribution in [0.5, 0.6) is 0 Å². The maximum Gasteiger partial charge on any atom is 0.158 e. The Morgan fingerprint density at radius 1 is 1.41 bits per heavy atom. The van der Waals surface area contributed by atoms with E-state index in [0.29, 0.717) is 12.6 Å². The summed E-state index contributed by atoms with van der Waals surface area (Å²) in [5, 5.41) is 4.48. The minimum Gasteiger partial charge on any atom is -0.370 e. The predicted molar refractivity (Wildman–Crippen MR) is 113 cm³/mol. The lowest BCUT2D eigenvalue weighted by Gasteiger charge is -2.21. The number of hydrogen-bond acceptors (Lipinski definition) is 6. The number of aromatic amines is 1. The average molecular weight is 393 g/mol. The molecule has 2 atom stereocenters. The number of fused-ring (bicyclic) bond motifs is 1. The van der Waals surface area contributed by atoms with Crippen molar-refractivity contribution in [2.75, 3.05) is 31.6 Å². The molecule has 0 radical (unpaired) electrons. The number of ether oxygens (including phenoxy) is 2. The van der Waals surface area contributed by atoms with Gasteiger partial charge in [0.25, 0.3) is 0 Å². The van der Waals surface area contributed by atoms with E-state index in [0.717, 1.165) is 73.6 Å². The van der Waals surface area contributed by atoms with Gasteiger partial charge in [-0.1, -0.05) is 19.1 Å². The van der Waals surface area contributed by atoms with E-state index in [1.165, 1.54) is 0 Å². The summed E-state index contributed by atoms with van der Waals surface area (Å²) in [6.45, 7) is 10.8. The summed E-state index contributed by atoms with van der Waals surface area (Å²) in [5.41, 5.74) is 2.53. The Hall–Kier alpha value is -2.82. The van der Waals surface area contributed by atoms with E-state index in [2.05, 4.69) is 50.2 Å². The molecular weight excluding hydrogens is 366 g/mol. The topological polar surface area (TPSA) is 75.3 Å². The van der Waals surface area contributed by atoms with Gasteiger partial charge in [-0.2, -0.15) is 0 Å². The fourth-order valence-electron chi connectivity index (χ4n) is 3.69. The molecule has 152 valence electrons. The zero-order valence-corrected chi connectivity index (χ0v) is 16.6. The maximum atomic E-state index is 5.66. The Balaban J connectivity index is 1.39. The second-order valence-electron chi connectivity index (χ2n) is 7.35. The maximum absolute atomic E-state index is 5.66. The molecule has 7 nitrogen and oxygen atoms in total. The van der Waals surface area contributed by atoms with Crippen molar-refractivity contribution in [1.82, 2.24) is 19.9 Å². The van der Waals surface area contributed by atoms with Gasteiger partial charge in [0.1, 0.15) is 24.4 Å². The number of nitrogens with zero attached hydrogens (tertiary/aromatic N) is 3. The first-order valence-electron chi connectivity index (χ1n) is 10.1. The molecule has 0 saturated carbocycles. The number of rotatable bonds is 6. The van der Waals surface area contributed by atoms with Crippen LogP contribution in [0.15, 0.2) is 37.3 Å². The molecule has 4 rings (SSSR count). The van der Waals surface area contributed by atoms with Crippen molar-refractivity contribution in [1.29, 1.82) is 0 Å². The summed E-state index contributed by atoms with van der Waals surface area (Å²) in [5.74, 6) is 6.98. The molecule has 1 unspecified atom stereocenters. The van der Waals surface area contributed by atoms with Gasteiger partial charge < -0.3 is 24.7 Å². The SMILES string of the molecule is C=CC(=C)N1CC[C@@H](Nc2ncnc3[nH]c(C#CCOC4CCCCO4)cc23)C1. The van der Waals surface area contributed by atoms with E-state index in [4.69, 9.17) is 9.47 Å². The Bertz CT molecular complexity index is 936. The minimum atomic E-state index is -0.120. The fraction of sp³-hybridized carbons (Fsp3) is 0.455. The molecule has 7 heteroatoms. The molecule has 29 heavy (non-hydrogen) atoms. The van der Waals surface area contributed by atoms with Crippen molar-refractivity contribution in [3.05, 3.63) is 43.0 Å². The van der Waals surface area contributed by atoms with Gasteiger partial charge in [-0.05, 0) is 43.7 Å². The van der Waals surface area contributed by atoms with Crippen LogP contribution in [0.2, 0.25) is 0 Å². The Labute approximate surface area is 171 Å². The Morgan fingerprint density at radius 2 is 2.34 bits per heavy atom. The highest BCUT2D eigenvalue weighted by Gasteiger charge is 2.23. The molecular formula is C22H27N5O2. The number of nitrogens with one attached hydrogen (secondary N) is 2. The highest BCUT2D eigenvalue weighted by molar-refractivity contribution is 5.88. The normalized spacial score (nSPS) is 21.6. The molecule has 0 amide bonds. The molecule has 2 aliphatic heterocycles. The van der Waals surface area contributed by atoms with Crippen LogP contribution in [0.1, 0.15) is 31.4 Å². The molecule has 0 aliphatic carbocycles. The van der Waals surface area contributed by atoms with Crippen molar-refractivity contribution in [2.24, 2.45) is 0 Å². The summed E-state index contributed by atoms with van der Waals surface area (Å²) in [4.78, 5) is 14.2. The molecule has 2 N–H and O–H groups in total. The number of hydrogen-bond donors (Lipinski definition) is 2. The van der Waals surface area contributed by atoms with E-state index >= 15 is 0 Å². The van der Waals surface area contributed by atoms with Crippen LogP contribution in [0, 0.1) is 11.8 Å². The number of likely N-dealkylation sites (tertiary alicyclic amines) is 1. The average Bonchev–Trinajstić information content (AvgIpc) is 3.39. The van der Waals surface area contributed by atoms with Gasteiger partial charge in [-0.15, -0.1) is 0 Å². The molecule has 2 saturated heterocycles. The zero-order valence-electron chi connectivity index (χ0n) is 16.6. The van der Waals surface area contributed by atoms with Crippen LogP contribution >= 0.6 is 0 Å². The lowest BCUT2D eigenvalue weighted by molar-refractivity contribution is -0.154. The fourth-order valence-corrected chi connectivity index (χ4v) is 3.69. The van der Waals surface area contributed by atoms with Crippen molar-refractivity contribution in [3.8, 4) is 11.8 Å². The second-order valence-corrected chi connectivity index (χ2v) is 7.35. The van der Waals surface area contributed by atoms with E-state index in [9.17, 15) is 0 Å². The van der Waals surface area contributed by atoms with E-state index < -0.39 is 0 Å². The van der Waals surface area contributed by atoms with Crippen molar-refractivity contribution in [2.45, 2.75) is 38.0 Å². The third-order valence-electron chi connectivity index (χ3n) is 5.30. The minimum absolute atomic E-state index is 0.120. The molecule has 0 aromatic carbocycles. The molecule has 2 aromatic heterocycles. The molecule has 0 spiro atoms. The Morgan fingerprint density at radius 3 is 3.17 bits per heavy atom. The number of allylic oxidation sites excluding steroid dienone is 1. The van der Waals surface area contributed by atoms with Gasteiger partial charge in [-0.25, -0.2) is 9.97 Å². The second kappa shape index (κ2) is 9.12. The largest absolute Gasteiger partial charge is 0.370 e. The van der Waals surface area contributed by atoms with Crippen molar-refractivity contribution < 1.29 is 9.47 Å². The van der Waals surface area contributed by atoms with Gasteiger partial charge in [0, 0.05) is 31.4 Å². The van der Waals surface area contributed by atoms with Crippen molar-refractivity contribution in [3.63, 3.8) is 0 Å². The van der Waals surface area contributed by atoms with E-state index in [1.54, 1.807) is 12.4 Å². The third-order valence-corrected chi connectivity index (χ3v) is 5.30. The van der Waals surface area contributed by atoms with Gasteiger partial charge >= 0.3 is 0 Å². The van der Waals surface area contributed by atoms with Crippen LogP contribution in [0.25, 0.3) is 11.0 Å². The smallest absolute Gasteiger partial charge is 0.158 e. The first kappa shape index (κ1) is 19.5. The van der Waals surface area contributed by atoms with Crippen LogP contribution in [0.3, 0.4) is 0 Å². The summed E-state index contributed by atoms with van der Waals surface area (Å²) in [7, 11) is 0. The van der Waals surface area contributed by atoms with Crippen LogP contribution in [0.4, 0.5) is 5.82 Å². The molecule has 4 heterocycles. The summed E-state index contributed by atoms with van der Waals surface area (Å²) < 4.78 is 11.2.